The summed E-state index contributed by atoms with van der Waals surface area (Å²) in [5.41, 5.74) is 7.31. The normalized spacial score (nSPS) is 9.64. The lowest BCUT2D eigenvalue weighted by atomic mass is 10.2. The highest BCUT2D eigenvalue weighted by Crippen LogP contribution is 2.07. The van der Waals surface area contributed by atoms with Gasteiger partial charge in [-0.1, -0.05) is 0 Å². The van der Waals surface area contributed by atoms with Crippen LogP contribution in [0.25, 0.3) is 0 Å². The van der Waals surface area contributed by atoms with Gasteiger partial charge in [0.05, 0.1) is 11.4 Å². The Hall–Kier alpha value is -1.38. The lowest BCUT2D eigenvalue weighted by Crippen LogP contribution is -2.00. The second kappa shape index (κ2) is 2.70. The molecular weight excluding hydrogens is 140 g/mol. The van der Waals surface area contributed by atoms with E-state index in [0.717, 1.165) is 0 Å². The number of anilines is 1. The highest BCUT2D eigenvalue weighted by Gasteiger charge is 2.01. The number of pyridine rings is 1. The minimum Gasteiger partial charge on any atom is -0.397 e. The summed E-state index contributed by atoms with van der Waals surface area (Å²) >= 11 is 0. The molecule has 0 aliphatic heterocycles. The van der Waals surface area contributed by atoms with E-state index in [2.05, 4.69) is 4.98 Å². The Balaban J connectivity index is 3.15. The Morgan fingerprint density at radius 3 is 2.64 bits per heavy atom. The summed E-state index contributed by atoms with van der Waals surface area (Å²) in [5.74, 6) is -0.0342. The number of nitrogen functional groups attached to an aromatic ring is 1. The maximum absolute atomic E-state index is 10.8. The van der Waals surface area contributed by atoms with Gasteiger partial charge in [-0.15, -0.1) is 0 Å². The first-order chi connectivity index (χ1) is 5.11. The van der Waals surface area contributed by atoms with Gasteiger partial charge in [0.25, 0.3) is 0 Å². The van der Waals surface area contributed by atoms with Crippen molar-refractivity contribution in [3.63, 3.8) is 0 Å². The SMILES string of the molecule is CC(=O)c1ccc(N)c(C)n1. The molecule has 0 saturated heterocycles. The molecule has 2 N–H and O–H groups in total. The zero-order valence-electron chi connectivity index (χ0n) is 6.59. The van der Waals surface area contributed by atoms with Crippen LogP contribution in [0.4, 0.5) is 5.69 Å². The molecule has 3 nitrogen and oxygen atoms in total. The second-order valence-electron chi connectivity index (χ2n) is 2.43. The molecule has 1 aromatic heterocycles. The van der Waals surface area contributed by atoms with Gasteiger partial charge in [-0.3, -0.25) is 4.79 Å². The van der Waals surface area contributed by atoms with Gasteiger partial charge < -0.3 is 5.73 Å². The van der Waals surface area contributed by atoms with Crippen LogP contribution in [-0.4, -0.2) is 10.8 Å². The van der Waals surface area contributed by atoms with Gasteiger partial charge in [0.1, 0.15) is 5.69 Å². The van der Waals surface area contributed by atoms with E-state index in [1.807, 2.05) is 0 Å². The van der Waals surface area contributed by atoms with Gasteiger partial charge in [0.2, 0.25) is 0 Å². The van der Waals surface area contributed by atoms with E-state index < -0.39 is 0 Å². The van der Waals surface area contributed by atoms with Crippen molar-refractivity contribution in [2.24, 2.45) is 0 Å². The highest BCUT2D eigenvalue weighted by molar-refractivity contribution is 5.92. The van der Waals surface area contributed by atoms with E-state index in [4.69, 9.17) is 5.73 Å². The van der Waals surface area contributed by atoms with Gasteiger partial charge >= 0.3 is 0 Å². The quantitative estimate of drug-likeness (QED) is 0.611. The van der Waals surface area contributed by atoms with Crippen molar-refractivity contribution in [1.82, 2.24) is 4.98 Å². The van der Waals surface area contributed by atoms with Crippen molar-refractivity contribution in [3.8, 4) is 0 Å². The van der Waals surface area contributed by atoms with E-state index in [1.54, 1.807) is 19.1 Å². The van der Waals surface area contributed by atoms with E-state index >= 15 is 0 Å². The first kappa shape index (κ1) is 7.72. The van der Waals surface area contributed by atoms with Crippen molar-refractivity contribution in [2.45, 2.75) is 13.8 Å². The van der Waals surface area contributed by atoms with Crippen molar-refractivity contribution in [2.75, 3.05) is 5.73 Å². The number of ketones is 1. The monoisotopic (exact) mass is 150 g/mol. The Kier molecular flexibility index (Phi) is 1.89. The first-order valence-corrected chi connectivity index (χ1v) is 3.35. The summed E-state index contributed by atoms with van der Waals surface area (Å²) in [7, 11) is 0. The van der Waals surface area contributed by atoms with Gasteiger partial charge in [0, 0.05) is 6.92 Å². The predicted molar refractivity (Wildman–Crippen MR) is 43.4 cm³/mol. The van der Waals surface area contributed by atoms with Crippen molar-refractivity contribution in [1.29, 1.82) is 0 Å². The van der Waals surface area contributed by atoms with Gasteiger partial charge in [0.15, 0.2) is 5.78 Å². The average molecular weight is 150 g/mol. The molecule has 0 aromatic carbocycles. The summed E-state index contributed by atoms with van der Waals surface area (Å²) in [6.07, 6.45) is 0. The lowest BCUT2D eigenvalue weighted by molar-refractivity contribution is 0.101. The first-order valence-electron chi connectivity index (χ1n) is 3.35. The third-order valence-corrected chi connectivity index (χ3v) is 1.49. The molecule has 0 aliphatic rings. The summed E-state index contributed by atoms with van der Waals surface area (Å²) in [6.45, 7) is 3.26. The molecule has 0 radical (unpaired) electrons. The molecule has 58 valence electrons. The summed E-state index contributed by atoms with van der Waals surface area (Å²) in [6, 6.07) is 3.32. The van der Waals surface area contributed by atoms with Crippen LogP contribution in [-0.2, 0) is 0 Å². The molecular formula is C8H10N2O. The fourth-order valence-corrected chi connectivity index (χ4v) is 0.768. The van der Waals surface area contributed by atoms with Crippen LogP contribution in [0.3, 0.4) is 0 Å². The third-order valence-electron chi connectivity index (χ3n) is 1.49. The van der Waals surface area contributed by atoms with Crippen LogP contribution >= 0.6 is 0 Å². The Morgan fingerprint density at radius 1 is 1.55 bits per heavy atom. The largest absolute Gasteiger partial charge is 0.397 e. The average Bonchev–Trinajstić information content (AvgIpc) is 1.94. The third kappa shape index (κ3) is 1.55. The van der Waals surface area contributed by atoms with Crippen LogP contribution in [0.1, 0.15) is 23.1 Å². The van der Waals surface area contributed by atoms with Crippen LogP contribution < -0.4 is 5.73 Å². The number of hydrogen-bond acceptors (Lipinski definition) is 3. The van der Waals surface area contributed by atoms with E-state index in [1.165, 1.54) is 6.92 Å². The second-order valence-corrected chi connectivity index (χ2v) is 2.43. The molecule has 0 amide bonds. The number of aryl methyl sites for hydroxylation is 1. The smallest absolute Gasteiger partial charge is 0.178 e. The minimum absolute atomic E-state index is 0.0342. The van der Waals surface area contributed by atoms with E-state index in [0.29, 0.717) is 17.1 Å². The molecule has 0 atom stereocenters. The number of nitrogens with two attached hydrogens (primary N) is 1. The van der Waals surface area contributed by atoms with Crippen LogP contribution in [0, 0.1) is 6.92 Å². The molecule has 11 heavy (non-hydrogen) atoms. The number of Topliss-reactive ketones (excluding diaryl/α,β-unsaturated/α-hetero) is 1. The van der Waals surface area contributed by atoms with Crippen molar-refractivity contribution < 1.29 is 4.79 Å². The Bertz CT molecular complexity index is 294. The van der Waals surface area contributed by atoms with Gasteiger partial charge in [-0.25, -0.2) is 4.98 Å². The summed E-state index contributed by atoms with van der Waals surface area (Å²) < 4.78 is 0. The van der Waals surface area contributed by atoms with Crippen LogP contribution in [0.5, 0.6) is 0 Å². The zero-order valence-corrected chi connectivity index (χ0v) is 6.59. The molecule has 1 aromatic rings. The minimum atomic E-state index is -0.0342. The van der Waals surface area contributed by atoms with Crippen LogP contribution in [0.2, 0.25) is 0 Å². The number of aromatic nitrogens is 1. The Labute approximate surface area is 65.2 Å². The van der Waals surface area contributed by atoms with Crippen molar-refractivity contribution >= 4 is 11.5 Å². The van der Waals surface area contributed by atoms with Crippen LogP contribution in [0.15, 0.2) is 12.1 Å². The molecule has 0 bridgehead atoms. The summed E-state index contributed by atoms with van der Waals surface area (Å²) in [4.78, 5) is 14.8. The molecule has 0 aliphatic carbocycles. The number of carbonyl (C=O) groups excluding carboxylic acids is 1. The van der Waals surface area contributed by atoms with Crippen molar-refractivity contribution in [3.05, 3.63) is 23.5 Å². The molecule has 1 rings (SSSR count). The number of rotatable bonds is 1. The number of carbonyl (C=O) groups is 1. The number of nitrogens with zero attached hydrogens (tertiary/aromatic N) is 1. The highest BCUT2D eigenvalue weighted by atomic mass is 16.1. The molecule has 0 unspecified atom stereocenters. The standard InChI is InChI=1S/C8H10N2O/c1-5-7(9)3-4-8(10-5)6(2)11/h3-4H,9H2,1-2H3. The van der Waals surface area contributed by atoms with Gasteiger partial charge in [-0.05, 0) is 19.1 Å². The topological polar surface area (TPSA) is 56.0 Å². The molecule has 3 heteroatoms. The maximum atomic E-state index is 10.8. The van der Waals surface area contributed by atoms with Gasteiger partial charge in [-0.2, -0.15) is 0 Å². The van der Waals surface area contributed by atoms with E-state index in [-0.39, 0.29) is 5.78 Å². The predicted octanol–water partition coefficient (Wildman–Crippen LogP) is 1.17. The molecule has 0 saturated carbocycles. The fraction of sp³-hybridized carbons (Fsp3) is 0.250. The van der Waals surface area contributed by atoms with E-state index in [9.17, 15) is 4.79 Å². The zero-order chi connectivity index (χ0) is 8.43. The molecule has 1 heterocycles. The summed E-state index contributed by atoms with van der Waals surface area (Å²) in [5, 5.41) is 0. The Morgan fingerprint density at radius 2 is 2.18 bits per heavy atom. The maximum Gasteiger partial charge on any atom is 0.178 e. The fourth-order valence-electron chi connectivity index (χ4n) is 0.768. The molecule has 0 spiro atoms. The lowest BCUT2D eigenvalue weighted by Gasteiger charge is -1.99. The molecule has 0 fully saturated rings. The number of hydrogen-bond donors (Lipinski definition) is 1.